The van der Waals surface area contributed by atoms with E-state index in [2.05, 4.69) is 33.4 Å². The van der Waals surface area contributed by atoms with Crippen molar-refractivity contribution in [2.24, 2.45) is 5.10 Å². The number of hydrogen-bond donors (Lipinski definition) is 1. The normalized spacial score (nSPS) is 11.0. The van der Waals surface area contributed by atoms with E-state index in [-0.39, 0.29) is 5.91 Å². The lowest BCUT2D eigenvalue weighted by Gasteiger charge is -2.05. The van der Waals surface area contributed by atoms with Crippen LogP contribution >= 0.6 is 15.9 Å². The molecule has 0 fully saturated rings. The van der Waals surface area contributed by atoms with Crippen molar-refractivity contribution in [3.63, 3.8) is 0 Å². The second-order valence-corrected chi connectivity index (χ2v) is 9.46. The van der Waals surface area contributed by atoms with Gasteiger partial charge in [-0.05, 0) is 54.4 Å². The summed E-state index contributed by atoms with van der Waals surface area (Å²) in [6, 6.07) is 14.0. The lowest BCUT2D eigenvalue weighted by Crippen LogP contribution is -2.16. The zero-order valence-electron chi connectivity index (χ0n) is 20.2. The lowest BCUT2D eigenvalue weighted by atomic mass is 10.1. The second kappa shape index (κ2) is 17.0. The van der Waals surface area contributed by atoms with Crippen LogP contribution in [0.3, 0.4) is 0 Å². The number of rotatable bonds is 16. The summed E-state index contributed by atoms with van der Waals surface area (Å²) in [5.74, 6) is -0.0354. The van der Waals surface area contributed by atoms with E-state index >= 15 is 0 Å². The standard InChI is InChI=1S/C28H37BrN2O3/c1-2-3-4-5-6-7-8-9-10-11-12-16-27(32)31-30-22-23-17-19-26(20-18-23)34-28(33)24-14-13-15-25(29)21-24/h13-15,17-22H,2-12,16H2,1H3,(H,31,32). The Kier molecular flexibility index (Phi) is 13.9. The number of halogens is 1. The Bertz CT molecular complexity index is 897. The number of benzene rings is 2. The third kappa shape index (κ3) is 12.1. The van der Waals surface area contributed by atoms with Gasteiger partial charge in [0.1, 0.15) is 5.75 Å². The zero-order chi connectivity index (χ0) is 24.4. The van der Waals surface area contributed by atoms with E-state index in [9.17, 15) is 9.59 Å². The van der Waals surface area contributed by atoms with E-state index in [1.807, 2.05) is 6.07 Å². The minimum Gasteiger partial charge on any atom is -0.423 e. The fourth-order valence-corrected chi connectivity index (χ4v) is 3.99. The first-order valence-electron chi connectivity index (χ1n) is 12.5. The summed E-state index contributed by atoms with van der Waals surface area (Å²) in [6.45, 7) is 2.25. The van der Waals surface area contributed by atoms with Gasteiger partial charge in [0.2, 0.25) is 5.91 Å². The van der Waals surface area contributed by atoms with Crippen molar-refractivity contribution < 1.29 is 14.3 Å². The van der Waals surface area contributed by atoms with Gasteiger partial charge in [-0.1, -0.05) is 93.1 Å². The molecule has 0 aliphatic rings. The largest absolute Gasteiger partial charge is 0.423 e. The van der Waals surface area contributed by atoms with E-state index in [4.69, 9.17) is 4.74 Å². The van der Waals surface area contributed by atoms with Crippen molar-refractivity contribution in [2.75, 3.05) is 0 Å². The maximum atomic E-state index is 12.2. The smallest absolute Gasteiger partial charge is 0.343 e. The number of carbonyl (C=O) groups is 2. The minimum atomic E-state index is -0.419. The van der Waals surface area contributed by atoms with Crippen molar-refractivity contribution in [3.05, 3.63) is 64.1 Å². The van der Waals surface area contributed by atoms with Crippen LogP contribution in [0.4, 0.5) is 0 Å². The Labute approximate surface area is 212 Å². The highest BCUT2D eigenvalue weighted by Crippen LogP contribution is 2.16. The molecule has 0 unspecified atom stereocenters. The average molecular weight is 530 g/mol. The number of nitrogens with one attached hydrogen (secondary N) is 1. The van der Waals surface area contributed by atoms with E-state index in [1.165, 1.54) is 57.8 Å². The fourth-order valence-electron chi connectivity index (χ4n) is 3.59. The number of ether oxygens (including phenoxy) is 1. The van der Waals surface area contributed by atoms with Gasteiger partial charge < -0.3 is 4.74 Å². The first kappa shape index (κ1) is 27.8. The molecule has 0 saturated heterocycles. The summed E-state index contributed by atoms with van der Waals surface area (Å²) in [5.41, 5.74) is 3.86. The monoisotopic (exact) mass is 528 g/mol. The second-order valence-electron chi connectivity index (χ2n) is 8.55. The number of hydrazone groups is 1. The van der Waals surface area contributed by atoms with Gasteiger partial charge in [0.25, 0.3) is 0 Å². The topological polar surface area (TPSA) is 67.8 Å². The highest BCUT2D eigenvalue weighted by atomic mass is 79.9. The SMILES string of the molecule is CCCCCCCCCCCCCC(=O)NN=Cc1ccc(OC(=O)c2cccc(Br)c2)cc1. The van der Waals surface area contributed by atoms with E-state index in [0.29, 0.717) is 17.7 Å². The number of carbonyl (C=O) groups excluding carboxylic acids is 2. The maximum absolute atomic E-state index is 12.2. The van der Waals surface area contributed by atoms with Crippen LogP contribution in [0.5, 0.6) is 5.75 Å². The quantitative estimate of drug-likeness (QED) is 0.0793. The summed E-state index contributed by atoms with van der Waals surface area (Å²) in [4.78, 5) is 24.1. The third-order valence-electron chi connectivity index (χ3n) is 5.56. The molecular weight excluding hydrogens is 492 g/mol. The highest BCUT2D eigenvalue weighted by molar-refractivity contribution is 9.10. The highest BCUT2D eigenvalue weighted by Gasteiger charge is 2.08. The number of unbranched alkanes of at least 4 members (excludes halogenated alkanes) is 10. The minimum absolute atomic E-state index is 0.0632. The molecule has 34 heavy (non-hydrogen) atoms. The first-order valence-corrected chi connectivity index (χ1v) is 13.3. The summed E-state index contributed by atoms with van der Waals surface area (Å²) < 4.78 is 6.20. The summed E-state index contributed by atoms with van der Waals surface area (Å²) in [6.07, 6.45) is 16.0. The molecule has 0 heterocycles. The maximum Gasteiger partial charge on any atom is 0.343 e. The van der Waals surface area contributed by atoms with Gasteiger partial charge in [-0.3, -0.25) is 4.79 Å². The predicted octanol–water partition coefficient (Wildman–Crippen LogP) is 7.82. The van der Waals surface area contributed by atoms with Crippen LogP contribution < -0.4 is 10.2 Å². The predicted molar refractivity (Wildman–Crippen MR) is 142 cm³/mol. The molecule has 0 atom stereocenters. The molecule has 2 aromatic rings. The van der Waals surface area contributed by atoms with Crippen LogP contribution in [-0.2, 0) is 4.79 Å². The van der Waals surface area contributed by atoms with Gasteiger partial charge in [-0.2, -0.15) is 5.10 Å². The van der Waals surface area contributed by atoms with E-state index in [1.54, 1.807) is 48.7 Å². The van der Waals surface area contributed by atoms with Crippen molar-refractivity contribution in [1.29, 1.82) is 0 Å². The molecule has 2 aromatic carbocycles. The molecule has 6 heteroatoms. The Morgan fingerprint density at radius 2 is 1.50 bits per heavy atom. The number of nitrogens with zero attached hydrogens (tertiary/aromatic N) is 1. The van der Waals surface area contributed by atoms with Crippen LogP contribution in [0.1, 0.15) is 99.9 Å². The van der Waals surface area contributed by atoms with E-state index in [0.717, 1.165) is 22.9 Å². The van der Waals surface area contributed by atoms with Crippen LogP contribution in [0.2, 0.25) is 0 Å². The molecule has 0 spiro atoms. The molecule has 0 bridgehead atoms. The van der Waals surface area contributed by atoms with Crippen molar-refractivity contribution in [1.82, 2.24) is 5.43 Å². The van der Waals surface area contributed by atoms with Crippen LogP contribution in [0.25, 0.3) is 0 Å². The van der Waals surface area contributed by atoms with Gasteiger partial charge in [-0.15, -0.1) is 0 Å². The average Bonchev–Trinajstić information content (AvgIpc) is 2.83. The van der Waals surface area contributed by atoms with Gasteiger partial charge in [0, 0.05) is 10.9 Å². The van der Waals surface area contributed by atoms with Gasteiger partial charge in [0.05, 0.1) is 11.8 Å². The summed E-state index contributed by atoms with van der Waals surface area (Å²) in [5, 5.41) is 4.02. The molecule has 0 radical (unpaired) electrons. The number of esters is 1. The van der Waals surface area contributed by atoms with E-state index < -0.39 is 5.97 Å². The number of amides is 1. The van der Waals surface area contributed by atoms with Gasteiger partial charge >= 0.3 is 5.97 Å². The fraction of sp³-hybridized carbons (Fsp3) is 0.464. The summed E-state index contributed by atoms with van der Waals surface area (Å²) in [7, 11) is 0. The molecule has 184 valence electrons. The molecule has 0 aliphatic heterocycles. The third-order valence-corrected chi connectivity index (χ3v) is 6.05. The summed E-state index contributed by atoms with van der Waals surface area (Å²) >= 11 is 3.34. The Hall–Kier alpha value is -2.47. The van der Waals surface area contributed by atoms with Gasteiger partial charge in [0.15, 0.2) is 0 Å². The Morgan fingerprint density at radius 1 is 0.882 bits per heavy atom. The first-order chi connectivity index (χ1) is 16.6. The molecule has 5 nitrogen and oxygen atoms in total. The van der Waals surface area contributed by atoms with Gasteiger partial charge in [-0.25, -0.2) is 10.2 Å². The molecule has 2 rings (SSSR count). The zero-order valence-corrected chi connectivity index (χ0v) is 21.8. The molecular formula is C28H37BrN2O3. The molecule has 1 amide bonds. The van der Waals surface area contributed by atoms with Crippen LogP contribution in [-0.4, -0.2) is 18.1 Å². The van der Waals surface area contributed by atoms with Crippen molar-refractivity contribution >= 4 is 34.0 Å². The lowest BCUT2D eigenvalue weighted by molar-refractivity contribution is -0.121. The molecule has 0 saturated carbocycles. The van der Waals surface area contributed by atoms with Crippen LogP contribution in [0.15, 0.2) is 58.1 Å². The molecule has 1 N–H and O–H groups in total. The molecule has 0 aromatic heterocycles. The van der Waals surface area contributed by atoms with Crippen molar-refractivity contribution in [3.8, 4) is 5.75 Å². The Morgan fingerprint density at radius 3 is 2.12 bits per heavy atom. The number of hydrogen-bond acceptors (Lipinski definition) is 4. The molecule has 0 aliphatic carbocycles. The van der Waals surface area contributed by atoms with Crippen molar-refractivity contribution in [2.45, 2.75) is 84.0 Å². The Balaban J connectivity index is 1.56. The van der Waals surface area contributed by atoms with Crippen LogP contribution in [0, 0.1) is 0 Å².